The molecule has 3 N–H and O–H groups in total. The summed E-state index contributed by atoms with van der Waals surface area (Å²) in [6.45, 7) is 0.984. The minimum Gasteiger partial charge on any atom is -0.354 e. The Kier molecular flexibility index (Phi) is 8.99. The molecule has 2 rings (SSSR count). The highest BCUT2D eigenvalue weighted by Crippen LogP contribution is 2.28. The molecule has 1 aliphatic carbocycles. The SMILES string of the molecule is Cl.O=C(NCCNC1CCCCCC1)C1CCC(C(F)(F)F)NC1=O. The average Bonchev–Trinajstić information content (AvgIpc) is 2.79. The van der Waals surface area contributed by atoms with Gasteiger partial charge in [0.05, 0.1) is 0 Å². The highest BCUT2D eigenvalue weighted by molar-refractivity contribution is 6.00. The summed E-state index contributed by atoms with van der Waals surface area (Å²) in [5.41, 5.74) is 0. The lowest BCUT2D eigenvalue weighted by molar-refractivity contribution is -0.171. The number of nitrogens with one attached hydrogen (secondary N) is 3. The first kappa shape index (κ1) is 22.0. The van der Waals surface area contributed by atoms with Gasteiger partial charge in [-0.15, -0.1) is 12.4 Å². The molecule has 1 aliphatic heterocycles. The Hall–Kier alpha value is -1.02. The van der Waals surface area contributed by atoms with E-state index in [4.69, 9.17) is 0 Å². The molecule has 146 valence electrons. The van der Waals surface area contributed by atoms with Crippen LogP contribution in [0.2, 0.25) is 0 Å². The van der Waals surface area contributed by atoms with Gasteiger partial charge in [-0.3, -0.25) is 9.59 Å². The summed E-state index contributed by atoms with van der Waals surface area (Å²) in [4.78, 5) is 23.7. The third kappa shape index (κ3) is 7.01. The van der Waals surface area contributed by atoms with Crippen LogP contribution < -0.4 is 16.0 Å². The number of hydrogen-bond donors (Lipinski definition) is 3. The maximum absolute atomic E-state index is 12.6. The summed E-state index contributed by atoms with van der Waals surface area (Å²) in [5, 5.41) is 7.94. The lowest BCUT2D eigenvalue weighted by Crippen LogP contribution is -2.54. The summed E-state index contributed by atoms with van der Waals surface area (Å²) in [5.74, 6) is -2.35. The van der Waals surface area contributed by atoms with Gasteiger partial charge in [0.25, 0.3) is 0 Å². The number of rotatable bonds is 5. The van der Waals surface area contributed by atoms with Crippen LogP contribution in [0.1, 0.15) is 51.4 Å². The number of halogens is 4. The first-order valence-corrected chi connectivity index (χ1v) is 8.76. The van der Waals surface area contributed by atoms with Crippen LogP contribution in [0.15, 0.2) is 0 Å². The lowest BCUT2D eigenvalue weighted by atomic mass is 9.93. The minimum atomic E-state index is -4.46. The summed E-state index contributed by atoms with van der Waals surface area (Å²) in [6.07, 6.45) is 2.45. The van der Waals surface area contributed by atoms with Crippen molar-refractivity contribution in [3.8, 4) is 0 Å². The topological polar surface area (TPSA) is 70.2 Å². The van der Waals surface area contributed by atoms with Crippen molar-refractivity contribution in [3.05, 3.63) is 0 Å². The van der Waals surface area contributed by atoms with Gasteiger partial charge in [-0.1, -0.05) is 25.7 Å². The van der Waals surface area contributed by atoms with E-state index in [0.29, 0.717) is 19.1 Å². The van der Waals surface area contributed by atoms with E-state index in [1.165, 1.54) is 25.7 Å². The van der Waals surface area contributed by atoms with E-state index >= 15 is 0 Å². The van der Waals surface area contributed by atoms with E-state index in [1.807, 2.05) is 5.32 Å². The number of hydrogen-bond acceptors (Lipinski definition) is 3. The fourth-order valence-corrected chi connectivity index (χ4v) is 3.37. The van der Waals surface area contributed by atoms with E-state index in [0.717, 1.165) is 12.8 Å². The molecule has 0 aromatic carbocycles. The molecule has 0 spiro atoms. The average molecular weight is 386 g/mol. The molecule has 2 aliphatic rings. The zero-order valence-corrected chi connectivity index (χ0v) is 15.0. The number of amides is 2. The van der Waals surface area contributed by atoms with Crippen molar-refractivity contribution in [3.63, 3.8) is 0 Å². The number of carbonyl (C=O) groups excluding carboxylic acids is 2. The molecule has 2 atom stereocenters. The summed E-state index contributed by atoms with van der Waals surface area (Å²) in [7, 11) is 0. The summed E-state index contributed by atoms with van der Waals surface area (Å²) in [6, 6.07) is -1.37. The monoisotopic (exact) mass is 385 g/mol. The van der Waals surface area contributed by atoms with Crippen molar-refractivity contribution in [1.29, 1.82) is 0 Å². The van der Waals surface area contributed by atoms with Gasteiger partial charge in [-0.2, -0.15) is 13.2 Å². The van der Waals surface area contributed by atoms with Gasteiger partial charge in [0.1, 0.15) is 12.0 Å². The molecule has 0 aromatic rings. The second-order valence-electron chi connectivity index (χ2n) is 6.67. The molecule has 0 radical (unpaired) electrons. The third-order valence-corrected chi connectivity index (χ3v) is 4.80. The van der Waals surface area contributed by atoms with Crippen LogP contribution >= 0.6 is 12.4 Å². The van der Waals surface area contributed by atoms with E-state index in [1.54, 1.807) is 0 Å². The van der Waals surface area contributed by atoms with Gasteiger partial charge in [0, 0.05) is 19.1 Å². The van der Waals surface area contributed by atoms with Gasteiger partial charge < -0.3 is 16.0 Å². The van der Waals surface area contributed by atoms with E-state index in [-0.39, 0.29) is 25.2 Å². The van der Waals surface area contributed by atoms with Crippen molar-refractivity contribution >= 4 is 24.2 Å². The molecule has 1 saturated heterocycles. The van der Waals surface area contributed by atoms with E-state index in [9.17, 15) is 22.8 Å². The first-order valence-electron chi connectivity index (χ1n) is 8.76. The third-order valence-electron chi connectivity index (χ3n) is 4.80. The number of piperidine rings is 1. The van der Waals surface area contributed by atoms with Gasteiger partial charge in [-0.05, 0) is 25.7 Å². The van der Waals surface area contributed by atoms with Crippen molar-refractivity contribution in [1.82, 2.24) is 16.0 Å². The molecule has 0 aromatic heterocycles. The highest BCUT2D eigenvalue weighted by Gasteiger charge is 2.45. The van der Waals surface area contributed by atoms with Crippen molar-refractivity contribution in [2.75, 3.05) is 13.1 Å². The molecule has 0 bridgehead atoms. The zero-order chi connectivity index (χ0) is 17.6. The van der Waals surface area contributed by atoms with Gasteiger partial charge in [0.2, 0.25) is 11.8 Å². The second kappa shape index (κ2) is 10.2. The van der Waals surface area contributed by atoms with Gasteiger partial charge in [0.15, 0.2) is 0 Å². The van der Waals surface area contributed by atoms with E-state index < -0.39 is 30.0 Å². The Bertz CT molecular complexity index is 441. The molecule has 2 unspecified atom stereocenters. The second-order valence-corrected chi connectivity index (χ2v) is 6.67. The molecule has 1 heterocycles. The summed E-state index contributed by atoms with van der Waals surface area (Å²) >= 11 is 0. The molecule has 25 heavy (non-hydrogen) atoms. The van der Waals surface area contributed by atoms with Crippen LogP contribution in [0, 0.1) is 5.92 Å². The van der Waals surface area contributed by atoms with Gasteiger partial charge >= 0.3 is 6.18 Å². The highest BCUT2D eigenvalue weighted by atomic mass is 35.5. The Morgan fingerprint density at radius 1 is 1.04 bits per heavy atom. The maximum Gasteiger partial charge on any atom is 0.408 e. The zero-order valence-electron chi connectivity index (χ0n) is 14.2. The molecule has 5 nitrogen and oxygen atoms in total. The predicted octanol–water partition coefficient (Wildman–Crippen LogP) is 2.29. The molecule has 1 saturated carbocycles. The minimum absolute atomic E-state index is 0. The van der Waals surface area contributed by atoms with Crippen LogP contribution in [-0.4, -0.2) is 43.2 Å². The van der Waals surface area contributed by atoms with Gasteiger partial charge in [-0.25, -0.2) is 0 Å². The fourth-order valence-electron chi connectivity index (χ4n) is 3.37. The standard InChI is InChI=1S/C16H26F3N3O2.ClH/c17-16(18,19)13-8-7-12(15(24)22-13)14(23)21-10-9-20-11-5-3-1-2-4-6-11;/h11-13,20H,1-10H2,(H,21,23)(H,22,24);1H. The predicted molar refractivity (Wildman–Crippen MR) is 90.5 cm³/mol. The largest absolute Gasteiger partial charge is 0.408 e. The normalized spacial score (nSPS) is 25.5. The summed E-state index contributed by atoms with van der Waals surface area (Å²) < 4.78 is 37.7. The molecule has 2 fully saturated rings. The Morgan fingerprint density at radius 3 is 2.24 bits per heavy atom. The molecule has 2 amide bonds. The van der Waals surface area contributed by atoms with Crippen molar-refractivity contribution in [2.24, 2.45) is 5.92 Å². The van der Waals surface area contributed by atoms with E-state index in [2.05, 4.69) is 10.6 Å². The molecule has 9 heteroatoms. The van der Waals surface area contributed by atoms with Crippen LogP contribution in [0.4, 0.5) is 13.2 Å². The van der Waals surface area contributed by atoms with Crippen LogP contribution in [0.5, 0.6) is 0 Å². The van der Waals surface area contributed by atoms with Crippen LogP contribution in [0.25, 0.3) is 0 Å². The first-order chi connectivity index (χ1) is 11.4. The van der Waals surface area contributed by atoms with Crippen molar-refractivity contribution in [2.45, 2.75) is 69.6 Å². The number of alkyl halides is 3. The maximum atomic E-state index is 12.6. The Labute approximate surface area is 152 Å². The quantitative estimate of drug-likeness (QED) is 0.386. The molecular formula is C16H27ClF3N3O2. The Morgan fingerprint density at radius 2 is 1.68 bits per heavy atom. The fraction of sp³-hybridized carbons (Fsp3) is 0.875. The molecular weight excluding hydrogens is 359 g/mol. The van der Waals surface area contributed by atoms with Crippen LogP contribution in [0.3, 0.4) is 0 Å². The lowest BCUT2D eigenvalue weighted by Gasteiger charge is -2.29. The smallest absolute Gasteiger partial charge is 0.354 e. The Balaban J connectivity index is 0.00000312. The number of carbonyl (C=O) groups is 2. The van der Waals surface area contributed by atoms with Crippen LogP contribution in [-0.2, 0) is 9.59 Å². The van der Waals surface area contributed by atoms with Crippen molar-refractivity contribution < 1.29 is 22.8 Å².